The van der Waals surface area contributed by atoms with Gasteiger partial charge in [0.25, 0.3) is 5.91 Å². The Morgan fingerprint density at radius 3 is 2.65 bits per heavy atom. The normalized spacial score (nSPS) is 10.2. The molecule has 2 aromatic rings. The third kappa shape index (κ3) is 4.32. The van der Waals surface area contributed by atoms with Gasteiger partial charge in [-0.25, -0.2) is 8.78 Å². The van der Waals surface area contributed by atoms with Crippen molar-refractivity contribution in [1.29, 1.82) is 0 Å². The summed E-state index contributed by atoms with van der Waals surface area (Å²) in [5.74, 6) is -2.31. The van der Waals surface area contributed by atoms with E-state index in [1.54, 1.807) is 18.3 Å². The van der Waals surface area contributed by atoms with E-state index in [0.717, 1.165) is 11.0 Å². The van der Waals surface area contributed by atoms with Crippen LogP contribution >= 0.6 is 0 Å². The zero-order valence-corrected chi connectivity index (χ0v) is 12.4. The molecule has 7 heteroatoms. The van der Waals surface area contributed by atoms with Crippen molar-refractivity contribution in [3.63, 3.8) is 0 Å². The molecule has 1 aromatic heterocycles. The van der Waals surface area contributed by atoms with Crippen LogP contribution in [0, 0.1) is 11.6 Å². The monoisotopic (exact) mass is 319 g/mol. The van der Waals surface area contributed by atoms with Crippen molar-refractivity contribution in [2.24, 2.45) is 0 Å². The molecule has 0 bridgehead atoms. The van der Waals surface area contributed by atoms with Crippen LogP contribution in [0.5, 0.6) is 0 Å². The van der Waals surface area contributed by atoms with Crippen molar-refractivity contribution < 1.29 is 18.4 Å². The maximum absolute atomic E-state index is 13.8. The molecule has 0 saturated heterocycles. The second-order valence-electron chi connectivity index (χ2n) is 4.76. The summed E-state index contributed by atoms with van der Waals surface area (Å²) in [4.78, 5) is 28.5. The van der Waals surface area contributed by atoms with E-state index in [4.69, 9.17) is 0 Å². The summed E-state index contributed by atoms with van der Waals surface area (Å²) in [6, 6.07) is 6.20. The van der Waals surface area contributed by atoms with Gasteiger partial charge in [0.15, 0.2) is 0 Å². The summed E-state index contributed by atoms with van der Waals surface area (Å²) in [5, 5.41) is 2.62. The second kappa shape index (κ2) is 7.44. The maximum Gasteiger partial charge on any atom is 0.252 e. The predicted molar refractivity (Wildman–Crippen MR) is 81.0 cm³/mol. The van der Waals surface area contributed by atoms with Gasteiger partial charge in [0, 0.05) is 38.5 Å². The molecule has 0 aliphatic rings. The number of anilines is 1. The number of nitrogens with zero attached hydrogens (tertiary/aromatic N) is 2. The quantitative estimate of drug-likeness (QED) is 0.918. The van der Waals surface area contributed by atoms with E-state index in [0.29, 0.717) is 11.6 Å². The Kier molecular flexibility index (Phi) is 5.35. The van der Waals surface area contributed by atoms with Crippen molar-refractivity contribution in [3.05, 3.63) is 59.9 Å². The van der Waals surface area contributed by atoms with Crippen molar-refractivity contribution in [2.45, 2.75) is 6.92 Å². The summed E-state index contributed by atoms with van der Waals surface area (Å²) >= 11 is 0. The molecule has 1 heterocycles. The Bertz CT molecular complexity index is 708. The molecule has 120 valence electrons. The summed E-state index contributed by atoms with van der Waals surface area (Å²) < 4.78 is 26.7. The SMILES string of the molecule is CC(=O)N(CCNC(=O)c1cccnc1)c1ccc(F)cc1F. The smallest absolute Gasteiger partial charge is 0.252 e. The minimum atomic E-state index is -0.834. The molecular weight excluding hydrogens is 304 g/mol. The van der Waals surface area contributed by atoms with E-state index >= 15 is 0 Å². The molecule has 0 spiro atoms. The molecule has 0 aliphatic carbocycles. The molecule has 1 aromatic carbocycles. The highest BCUT2D eigenvalue weighted by molar-refractivity contribution is 5.94. The zero-order chi connectivity index (χ0) is 16.8. The molecule has 2 amide bonds. The zero-order valence-electron chi connectivity index (χ0n) is 12.4. The number of hydrogen-bond donors (Lipinski definition) is 1. The van der Waals surface area contributed by atoms with Gasteiger partial charge in [-0.3, -0.25) is 14.6 Å². The van der Waals surface area contributed by atoms with E-state index in [1.165, 1.54) is 19.2 Å². The Morgan fingerprint density at radius 2 is 2.04 bits per heavy atom. The summed E-state index contributed by atoms with van der Waals surface area (Å²) in [6.45, 7) is 1.44. The van der Waals surface area contributed by atoms with Gasteiger partial charge in [-0.1, -0.05) is 0 Å². The van der Waals surface area contributed by atoms with E-state index in [1.807, 2.05) is 0 Å². The fourth-order valence-electron chi connectivity index (χ4n) is 2.03. The number of hydrogen-bond acceptors (Lipinski definition) is 3. The summed E-state index contributed by atoms with van der Waals surface area (Å²) in [6.07, 6.45) is 2.96. The van der Waals surface area contributed by atoms with Crippen LogP contribution in [0.15, 0.2) is 42.7 Å². The van der Waals surface area contributed by atoms with Crippen molar-refractivity contribution in [3.8, 4) is 0 Å². The highest BCUT2D eigenvalue weighted by Crippen LogP contribution is 2.20. The largest absolute Gasteiger partial charge is 0.350 e. The minimum absolute atomic E-state index is 0.0328. The third-order valence-corrected chi connectivity index (χ3v) is 3.13. The summed E-state index contributed by atoms with van der Waals surface area (Å²) in [7, 11) is 0. The van der Waals surface area contributed by atoms with E-state index in [2.05, 4.69) is 10.3 Å². The van der Waals surface area contributed by atoms with Crippen LogP contribution in [-0.4, -0.2) is 29.9 Å². The van der Waals surface area contributed by atoms with Crippen LogP contribution in [0.25, 0.3) is 0 Å². The van der Waals surface area contributed by atoms with Gasteiger partial charge in [-0.15, -0.1) is 0 Å². The fourth-order valence-corrected chi connectivity index (χ4v) is 2.03. The Morgan fingerprint density at radius 1 is 1.26 bits per heavy atom. The first-order valence-electron chi connectivity index (χ1n) is 6.90. The van der Waals surface area contributed by atoms with Gasteiger partial charge in [0.2, 0.25) is 5.91 Å². The van der Waals surface area contributed by atoms with Gasteiger partial charge in [0.1, 0.15) is 11.6 Å². The average molecular weight is 319 g/mol. The molecular formula is C16H15F2N3O2. The Balaban J connectivity index is 2.01. The molecule has 0 aliphatic heterocycles. The lowest BCUT2D eigenvalue weighted by Crippen LogP contribution is -2.38. The fraction of sp³-hybridized carbons (Fsp3) is 0.188. The molecule has 2 rings (SSSR count). The number of pyridine rings is 1. The van der Waals surface area contributed by atoms with Crippen LogP contribution in [0.3, 0.4) is 0 Å². The number of benzene rings is 1. The molecule has 0 fully saturated rings. The minimum Gasteiger partial charge on any atom is -0.350 e. The average Bonchev–Trinajstić information content (AvgIpc) is 2.53. The van der Waals surface area contributed by atoms with E-state index in [-0.39, 0.29) is 24.7 Å². The van der Waals surface area contributed by atoms with E-state index in [9.17, 15) is 18.4 Å². The lowest BCUT2D eigenvalue weighted by atomic mass is 10.2. The van der Waals surface area contributed by atoms with Crippen LogP contribution in [0.1, 0.15) is 17.3 Å². The van der Waals surface area contributed by atoms with Gasteiger partial charge in [0.05, 0.1) is 11.3 Å². The first kappa shape index (κ1) is 16.5. The number of aromatic nitrogens is 1. The number of amides is 2. The van der Waals surface area contributed by atoms with Crippen molar-refractivity contribution in [2.75, 3.05) is 18.0 Å². The number of carbonyl (C=O) groups excluding carboxylic acids is 2. The highest BCUT2D eigenvalue weighted by atomic mass is 19.1. The Hall–Kier alpha value is -2.83. The van der Waals surface area contributed by atoms with Gasteiger partial charge >= 0.3 is 0 Å². The number of carbonyl (C=O) groups is 2. The van der Waals surface area contributed by atoms with Crippen LogP contribution in [0.2, 0.25) is 0 Å². The lowest BCUT2D eigenvalue weighted by molar-refractivity contribution is -0.116. The number of halogens is 2. The third-order valence-electron chi connectivity index (χ3n) is 3.13. The topological polar surface area (TPSA) is 62.3 Å². The van der Waals surface area contributed by atoms with E-state index < -0.39 is 17.5 Å². The Labute approximate surface area is 131 Å². The van der Waals surface area contributed by atoms with Crippen molar-refractivity contribution in [1.82, 2.24) is 10.3 Å². The van der Waals surface area contributed by atoms with Gasteiger partial charge < -0.3 is 10.2 Å². The predicted octanol–water partition coefficient (Wildman–Crippen LogP) is 2.14. The summed E-state index contributed by atoms with van der Waals surface area (Å²) in [5.41, 5.74) is 0.351. The number of nitrogens with one attached hydrogen (secondary N) is 1. The molecule has 0 radical (unpaired) electrons. The molecule has 0 unspecified atom stereocenters. The molecule has 1 N–H and O–H groups in total. The molecule has 0 atom stereocenters. The second-order valence-corrected chi connectivity index (χ2v) is 4.76. The first-order chi connectivity index (χ1) is 11.0. The van der Waals surface area contributed by atoms with Gasteiger partial charge in [-0.05, 0) is 24.3 Å². The molecule has 0 saturated carbocycles. The standard InChI is InChI=1S/C16H15F2N3O2/c1-11(22)21(15-5-4-13(17)9-14(15)18)8-7-20-16(23)12-3-2-6-19-10-12/h2-6,9-10H,7-8H2,1H3,(H,20,23). The van der Waals surface area contributed by atoms with Crippen molar-refractivity contribution >= 4 is 17.5 Å². The highest BCUT2D eigenvalue weighted by Gasteiger charge is 2.16. The van der Waals surface area contributed by atoms with Gasteiger partial charge in [-0.2, -0.15) is 0 Å². The number of rotatable bonds is 5. The van der Waals surface area contributed by atoms with Crippen LogP contribution in [0.4, 0.5) is 14.5 Å². The molecule has 5 nitrogen and oxygen atoms in total. The first-order valence-corrected chi connectivity index (χ1v) is 6.90. The molecule has 23 heavy (non-hydrogen) atoms. The lowest BCUT2D eigenvalue weighted by Gasteiger charge is -2.22. The van der Waals surface area contributed by atoms with Crippen LogP contribution in [-0.2, 0) is 4.79 Å². The maximum atomic E-state index is 13.8. The van der Waals surface area contributed by atoms with Crippen LogP contribution < -0.4 is 10.2 Å².